The largest absolute Gasteiger partial charge is 0.480 e. The number of rotatable bonds is 14. The van der Waals surface area contributed by atoms with Crippen LogP contribution in [0.5, 0.6) is 0 Å². The van der Waals surface area contributed by atoms with Crippen molar-refractivity contribution in [2.24, 2.45) is 28.1 Å². The third-order valence-electron chi connectivity index (χ3n) is 6.06. The van der Waals surface area contributed by atoms with Gasteiger partial charge in [0, 0.05) is 19.4 Å². The first-order valence-electron chi connectivity index (χ1n) is 12.2. The van der Waals surface area contributed by atoms with Gasteiger partial charge in [-0.05, 0) is 25.7 Å². The number of nitrogens with two attached hydrogens (primary N) is 3. The molecule has 0 bridgehead atoms. The first-order valence-corrected chi connectivity index (χ1v) is 12.2. The highest BCUT2D eigenvalue weighted by atomic mass is 16.4. The Morgan fingerprint density at radius 2 is 1.61 bits per heavy atom. The van der Waals surface area contributed by atoms with E-state index in [1.54, 1.807) is 13.8 Å². The first-order chi connectivity index (χ1) is 17.5. The minimum Gasteiger partial charge on any atom is -0.480 e. The molecule has 0 spiro atoms. The van der Waals surface area contributed by atoms with Gasteiger partial charge >= 0.3 is 12.0 Å². The molecule has 216 valence electrons. The third kappa shape index (κ3) is 9.75. The molecular weight excluding hydrogens is 504 g/mol. The maximum absolute atomic E-state index is 12.8. The fraction of sp³-hybridized carbons (Fsp3) is 0.727. The van der Waals surface area contributed by atoms with E-state index in [1.165, 1.54) is 13.8 Å². The number of primary amides is 1. The summed E-state index contributed by atoms with van der Waals surface area (Å²) < 4.78 is 0. The number of carbonyl (C=O) groups excluding carboxylic acids is 4. The maximum Gasteiger partial charge on any atom is 0.326 e. The molecule has 16 nitrogen and oxygen atoms in total. The molecule has 0 aromatic carbocycles. The predicted octanol–water partition coefficient (Wildman–Crippen LogP) is -3.48. The number of carbonyl (C=O) groups is 5. The van der Waals surface area contributed by atoms with E-state index >= 15 is 0 Å². The summed E-state index contributed by atoms with van der Waals surface area (Å²) in [5.74, 6) is -3.80. The number of hydrogen-bond acceptors (Lipinski definition) is 10. The highest BCUT2D eigenvalue weighted by Crippen LogP contribution is 2.17. The molecule has 1 heterocycles. The second kappa shape index (κ2) is 14.4. The lowest BCUT2D eigenvalue weighted by Gasteiger charge is -2.27. The molecule has 0 saturated heterocycles. The smallest absolute Gasteiger partial charge is 0.326 e. The minimum absolute atomic E-state index is 0.00487. The molecule has 0 aromatic rings. The van der Waals surface area contributed by atoms with Gasteiger partial charge in [0.1, 0.15) is 18.1 Å². The number of aliphatic imine (C=N–C) groups is 1. The Kier molecular flexibility index (Phi) is 12.4. The van der Waals surface area contributed by atoms with Gasteiger partial charge in [-0.3, -0.25) is 19.3 Å². The first kappa shape index (κ1) is 32.5. The number of carboxylic acids is 1. The molecule has 0 fully saturated rings. The molecule has 5 amide bonds. The maximum atomic E-state index is 12.8. The number of hydrogen-bond donors (Lipinski definition) is 9. The van der Waals surface area contributed by atoms with E-state index < -0.39 is 78.1 Å². The van der Waals surface area contributed by atoms with Gasteiger partial charge in [-0.15, -0.1) is 0 Å². The Labute approximate surface area is 220 Å². The van der Waals surface area contributed by atoms with E-state index in [-0.39, 0.29) is 31.8 Å². The summed E-state index contributed by atoms with van der Waals surface area (Å²) in [5, 5.41) is 37.1. The summed E-state index contributed by atoms with van der Waals surface area (Å²) in [6.07, 6.45) is -2.60. The number of aliphatic hydroxyl groups is 2. The van der Waals surface area contributed by atoms with Gasteiger partial charge in [0.25, 0.3) is 0 Å². The van der Waals surface area contributed by atoms with Crippen LogP contribution in [-0.2, 0) is 19.2 Å². The lowest BCUT2D eigenvalue weighted by Crippen LogP contribution is -2.59. The number of amides is 5. The molecule has 0 aromatic heterocycles. The van der Waals surface area contributed by atoms with Crippen LogP contribution in [-0.4, -0.2) is 105 Å². The standard InChI is InChI=1S/C22H40N8O8/c1-9(2)16(20(36)37)29-18(34)10(3)26-19(35)17(27-11(4)31)13(23)5-6-14(32)15(33)7-12-8-30(22(25)38)21(24)28-12/h9-10,12-17,32-33H,5-8,23H2,1-4H3,(H2,24,28)(H2,25,38)(H,26,35)(H,27,31)(H,29,34)(H,36,37). The van der Waals surface area contributed by atoms with Crippen LogP contribution in [0.1, 0.15) is 47.0 Å². The van der Waals surface area contributed by atoms with E-state index in [9.17, 15) is 39.3 Å². The number of guanidine groups is 1. The number of nitrogens with zero attached hydrogens (tertiary/aromatic N) is 2. The fourth-order valence-electron chi connectivity index (χ4n) is 3.84. The van der Waals surface area contributed by atoms with Crippen molar-refractivity contribution in [1.29, 1.82) is 0 Å². The van der Waals surface area contributed by atoms with E-state index in [0.29, 0.717) is 0 Å². The van der Waals surface area contributed by atoms with Gasteiger partial charge in [0.2, 0.25) is 17.7 Å². The quantitative estimate of drug-likeness (QED) is 0.104. The topological polar surface area (TPSA) is 276 Å². The van der Waals surface area contributed by atoms with Gasteiger partial charge in [-0.2, -0.15) is 0 Å². The van der Waals surface area contributed by atoms with Crippen LogP contribution < -0.4 is 33.2 Å². The highest BCUT2D eigenvalue weighted by molar-refractivity contribution is 5.96. The number of urea groups is 1. The molecular formula is C22H40N8O8. The lowest BCUT2D eigenvalue weighted by atomic mass is 9.96. The van der Waals surface area contributed by atoms with Crippen molar-refractivity contribution in [3.05, 3.63) is 0 Å². The van der Waals surface area contributed by atoms with Gasteiger partial charge in [-0.25, -0.2) is 14.6 Å². The van der Waals surface area contributed by atoms with Crippen LogP contribution in [0.25, 0.3) is 0 Å². The van der Waals surface area contributed by atoms with Crippen LogP contribution in [0, 0.1) is 5.92 Å². The van der Waals surface area contributed by atoms with Crippen molar-refractivity contribution in [2.75, 3.05) is 6.54 Å². The van der Waals surface area contributed by atoms with Crippen molar-refractivity contribution in [3.8, 4) is 0 Å². The molecule has 7 atom stereocenters. The van der Waals surface area contributed by atoms with Gasteiger partial charge in [0.05, 0.1) is 24.8 Å². The van der Waals surface area contributed by atoms with E-state index in [2.05, 4.69) is 20.9 Å². The normalized spacial score (nSPS) is 19.9. The summed E-state index contributed by atoms with van der Waals surface area (Å²) in [7, 11) is 0. The summed E-state index contributed by atoms with van der Waals surface area (Å²) in [6.45, 7) is 5.81. The Hall–Kier alpha value is -3.50. The van der Waals surface area contributed by atoms with Gasteiger partial charge < -0.3 is 48.5 Å². The Morgan fingerprint density at radius 1 is 1.00 bits per heavy atom. The number of nitrogens with one attached hydrogen (secondary N) is 3. The SMILES string of the molecule is CC(=O)NC(C(=O)NC(C)C(=O)NC(C(=O)O)C(C)C)C(N)CCC(O)C(O)CC1CN(C(N)=O)C(N)=N1. The van der Waals surface area contributed by atoms with Crippen molar-refractivity contribution in [3.63, 3.8) is 0 Å². The number of aliphatic carboxylic acids is 1. The molecule has 38 heavy (non-hydrogen) atoms. The minimum atomic E-state index is -1.28. The van der Waals surface area contributed by atoms with Crippen molar-refractivity contribution in [1.82, 2.24) is 20.9 Å². The predicted molar refractivity (Wildman–Crippen MR) is 135 cm³/mol. The van der Waals surface area contributed by atoms with Crippen molar-refractivity contribution < 1.29 is 39.3 Å². The van der Waals surface area contributed by atoms with Gasteiger partial charge in [0.15, 0.2) is 5.96 Å². The van der Waals surface area contributed by atoms with Crippen LogP contribution in [0.2, 0.25) is 0 Å². The summed E-state index contributed by atoms with van der Waals surface area (Å²) in [4.78, 5) is 64.6. The van der Waals surface area contributed by atoms with Crippen molar-refractivity contribution >= 4 is 35.7 Å². The van der Waals surface area contributed by atoms with Gasteiger partial charge in [-0.1, -0.05) is 13.8 Å². The third-order valence-corrected chi connectivity index (χ3v) is 6.06. The van der Waals surface area contributed by atoms with Crippen LogP contribution in [0.3, 0.4) is 0 Å². The highest BCUT2D eigenvalue weighted by Gasteiger charge is 2.33. The monoisotopic (exact) mass is 544 g/mol. The fourth-order valence-corrected chi connectivity index (χ4v) is 3.84. The number of aliphatic hydroxyl groups excluding tert-OH is 2. The second-order valence-corrected chi connectivity index (χ2v) is 9.68. The van der Waals surface area contributed by atoms with E-state index in [4.69, 9.17) is 17.2 Å². The number of carboxylic acid groups (broad SMARTS) is 1. The molecule has 0 saturated carbocycles. The molecule has 0 aliphatic carbocycles. The molecule has 0 radical (unpaired) electrons. The average molecular weight is 545 g/mol. The van der Waals surface area contributed by atoms with E-state index in [1.807, 2.05) is 0 Å². The average Bonchev–Trinajstić information content (AvgIpc) is 3.18. The lowest BCUT2D eigenvalue weighted by molar-refractivity contribution is -0.143. The molecule has 12 N–H and O–H groups in total. The second-order valence-electron chi connectivity index (χ2n) is 9.68. The molecule has 16 heteroatoms. The molecule has 1 rings (SSSR count). The summed E-state index contributed by atoms with van der Waals surface area (Å²) in [6, 6.07) is -5.94. The van der Waals surface area contributed by atoms with Crippen LogP contribution >= 0.6 is 0 Å². The van der Waals surface area contributed by atoms with Crippen LogP contribution in [0.15, 0.2) is 4.99 Å². The Morgan fingerprint density at radius 3 is 2.08 bits per heavy atom. The Bertz CT molecular complexity index is 914. The zero-order chi connectivity index (χ0) is 29.3. The van der Waals surface area contributed by atoms with Crippen LogP contribution in [0.4, 0.5) is 4.79 Å². The molecule has 1 aliphatic heterocycles. The summed E-state index contributed by atoms with van der Waals surface area (Å²) in [5.41, 5.74) is 16.9. The van der Waals surface area contributed by atoms with Crippen molar-refractivity contribution in [2.45, 2.75) is 89.4 Å². The van der Waals surface area contributed by atoms with E-state index in [0.717, 1.165) is 4.90 Å². The zero-order valence-electron chi connectivity index (χ0n) is 22.0. The Balaban J connectivity index is 2.71. The molecule has 7 unspecified atom stereocenters. The summed E-state index contributed by atoms with van der Waals surface area (Å²) >= 11 is 0. The molecule has 1 aliphatic rings. The zero-order valence-corrected chi connectivity index (χ0v) is 22.0.